The maximum atomic E-state index is 6.03. The zero-order valence-corrected chi connectivity index (χ0v) is 9.11. The summed E-state index contributed by atoms with van der Waals surface area (Å²) in [5.74, 6) is 0.359. The predicted octanol–water partition coefficient (Wildman–Crippen LogP) is 2.97. The molecule has 0 radical (unpaired) electrons. The van der Waals surface area contributed by atoms with E-state index >= 15 is 0 Å². The maximum absolute atomic E-state index is 6.03. The molecular weight excluding hydrogens is 192 g/mol. The van der Waals surface area contributed by atoms with Crippen molar-refractivity contribution < 1.29 is 0 Å². The van der Waals surface area contributed by atoms with Crippen molar-refractivity contribution in [3.8, 4) is 0 Å². The summed E-state index contributed by atoms with van der Waals surface area (Å²) in [6, 6.07) is 0. The Hall–Kier alpha value is -0.150. The van der Waals surface area contributed by atoms with Gasteiger partial charge in [0.1, 0.15) is 10.0 Å². The number of aromatic nitrogens is 2. The van der Waals surface area contributed by atoms with Gasteiger partial charge in [-0.3, -0.25) is 0 Å². The number of alkyl halides is 1. The highest BCUT2D eigenvalue weighted by molar-refractivity contribution is 7.11. The quantitative estimate of drug-likeness (QED) is 0.708. The first-order valence-corrected chi connectivity index (χ1v) is 5.34. The van der Waals surface area contributed by atoms with Crippen molar-refractivity contribution in [1.29, 1.82) is 0 Å². The summed E-state index contributed by atoms with van der Waals surface area (Å²) in [7, 11) is 0. The van der Waals surface area contributed by atoms with Crippen molar-refractivity contribution in [2.24, 2.45) is 0 Å². The summed E-state index contributed by atoms with van der Waals surface area (Å²) in [5, 5.41) is 10.3. The lowest BCUT2D eigenvalue weighted by Gasteiger charge is -2.12. The number of hydrogen-bond donors (Lipinski definition) is 0. The zero-order chi connectivity index (χ0) is 9.14. The third-order valence-electron chi connectivity index (χ3n) is 1.85. The third-order valence-corrected chi connectivity index (χ3v) is 3.13. The van der Waals surface area contributed by atoms with Crippen molar-refractivity contribution in [3.63, 3.8) is 0 Å². The van der Waals surface area contributed by atoms with E-state index in [4.69, 9.17) is 11.6 Å². The van der Waals surface area contributed by atoms with E-state index in [1.165, 1.54) is 0 Å². The molecular formula is C8H13ClN2S. The molecule has 0 bridgehead atoms. The van der Waals surface area contributed by atoms with Crippen LogP contribution in [-0.2, 0) is 0 Å². The highest BCUT2D eigenvalue weighted by Crippen LogP contribution is 2.28. The monoisotopic (exact) mass is 204 g/mol. The molecule has 0 aliphatic rings. The first-order valence-electron chi connectivity index (χ1n) is 4.09. The van der Waals surface area contributed by atoms with E-state index in [9.17, 15) is 0 Å². The van der Waals surface area contributed by atoms with Crippen LogP contribution in [0.5, 0.6) is 0 Å². The molecule has 4 heteroatoms. The van der Waals surface area contributed by atoms with E-state index in [2.05, 4.69) is 17.1 Å². The van der Waals surface area contributed by atoms with E-state index in [0.29, 0.717) is 5.92 Å². The van der Waals surface area contributed by atoms with E-state index in [1.54, 1.807) is 11.3 Å². The van der Waals surface area contributed by atoms with Crippen LogP contribution in [0.4, 0.5) is 0 Å². The molecule has 2 unspecified atom stereocenters. The smallest absolute Gasteiger partial charge is 0.121 e. The number of hydrogen-bond acceptors (Lipinski definition) is 3. The van der Waals surface area contributed by atoms with Crippen LogP contribution in [0.25, 0.3) is 0 Å². The van der Waals surface area contributed by atoms with Crippen LogP contribution < -0.4 is 0 Å². The Kier molecular flexibility index (Phi) is 3.47. The van der Waals surface area contributed by atoms with Gasteiger partial charge in [0.2, 0.25) is 0 Å². The SMILES string of the molecule is CCC(c1nnc(C)s1)C(C)Cl. The number of halogens is 1. The Balaban J connectivity index is 2.80. The highest BCUT2D eigenvalue weighted by atomic mass is 35.5. The van der Waals surface area contributed by atoms with Crippen molar-refractivity contribution in [1.82, 2.24) is 10.2 Å². The highest BCUT2D eigenvalue weighted by Gasteiger charge is 2.18. The molecule has 0 fully saturated rings. The first kappa shape index (κ1) is 9.93. The van der Waals surface area contributed by atoms with Crippen LogP contribution in [0, 0.1) is 6.92 Å². The van der Waals surface area contributed by atoms with E-state index in [0.717, 1.165) is 16.4 Å². The largest absolute Gasteiger partial charge is 0.144 e. The van der Waals surface area contributed by atoms with Gasteiger partial charge in [-0.2, -0.15) is 0 Å². The molecule has 0 aliphatic heterocycles. The molecule has 1 aromatic heterocycles. The molecule has 2 nitrogen and oxygen atoms in total. The van der Waals surface area contributed by atoms with Crippen LogP contribution >= 0.6 is 22.9 Å². The Bertz CT molecular complexity index is 247. The fourth-order valence-electron chi connectivity index (χ4n) is 1.16. The normalized spacial score (nSPS) is 16.0. The lowest BCUT2D eigenvalue weighted by molar-refractivity contribution is 0.637. The molecule has 68 valence electrons. The van der Waals surface area contributed by atoms with Crippen LogP contribution in [0.15, 0.2) is 0 Å². The summed E-state index contributed by atoms with van der Waals surface area (Å²) in [5.41, 5.74) is 0. The molecule has 0 saturated heterocycles. The lowest BCUT2D eigenvalue weighted by Crippen LogP contribution is -2.07. The average molecular weight is 205 g/mol. The zero-order valence-electron chi connectivity index (χ0n) is 7.54. The van der Waals surface area contributed by atoms with E-state index < -0.39 is 0 Å². The van der Waals surface area contributed by atoms with Crippen molar-refractivity contribution in [3.05, 3.63) is 10.0 Å². The topological polar surface area (TPSA) is 25.8 Å². The van der Waals surface area contributed by atoms with Gasteiger partial charge < -0.3 is 0 Å². The van der Waals surface area contributed by atoms with Gasteiger partial charge in [0.25, 0.3) is 0 Å². The molecule has 0 aliphatic carbocycles. The van der Waals surface area contributed by atoms with E-state index in [1.807, 2.05) is 13.8 Å². The van der Waals surface area contributed by atoms with Gasteiger partial charge in [-0.25, -0.2) is 0 Å². The summed E-state index contributed by atoms with van der Waals surface area (Å²) in [6.45, 7) is 6.10. The molecule has 1 aromatic rings. The maximum Gasteiger partial charge on any atom is 0.121 e. The second-order valence-corrected chi connectivity index (χ2v) is 4.75. The molecule has 0 amide bonds. The summed E-state index contributed by atoms with van der Waals surface area (Å²) >= 11 is 7.67. The van der Waals surface area contributed by atoms with Gasteiger partial charge in [0, 0.05) is 11.3 Å². The molecule has 1 rings (SSSR count). The van der Waals surface area contributed by atoms with Crippen molar-refractivity contribution >= 4 is 22.9 Å². The number of rotatable bonds is 3. The molecule has 1 heterocycles. The van der Waals surface area contributed by atoms with Crippen LogP contribution in [0.3, 0.4) is 0 Å². The molecule has 0 spiro atoms. The van der Waals surface area contributed by atoms with Gasteiger partial charge in [-0.1, -0.05) is 6.92 Å². The van der Waals surface area contributed by atoms with Crippen LogP contribution in [0.2, 0.25) is 0 Å². The van der Waals surface area contributed by atoms with Gasteiger partial charge in [0.15, 0.2) is 0 Å². The Morgan fingerprint density at radius 2 is 2.17 bits per heavy atom. The number of aryl methyl sites for hydroxylation is 1. The van der Waals surface area contributed by atoms with Gasteiger partial charge in [-0.15, -0.1) is 33.1 Å². The van der Waals surface area contributed by atoms with Crippen molar-refractivity contribution in [2.75, 3.05) is 0 Å². The van der Waals surface area contributed by atoms with Gasteiger partial charge in [-0.05, 0) is 20.3 Å². The minimum atomic E-state index is 0.141. The standard InChI is InChI=1S/C8H13ClN2S/c1-4-7(5(2)9)8-11-10-6(3)12-8/h5,7H,4H2,1-3H3. The molecule has 0 aromatic carbocycles. The third kappa shape index (κ3) is 2.17. The lowest BCUT2D eigenvalue weighted by atomic mass is 10.0. The fraction of sp³-hybridized carbons (Fsp3) is 0.750. The summed E-state index contributed by atoms with van der Waals surface area (Å²) in [4.78, 5) is 0. The second kappa shape index (κ2) is 4.19. The van der Waals surface area contributed by atoms with E-state index in [-0.39, 0.29) is 5.38 Å². The second-order valence-electron chi connectivity index (χ2n) is 2.85. The van der Waals surface area contributed by atoms with Gasteiger partial charge in [0.05, 0.1) is 0 Å². The Morgan fingerprint density at radius 3 is 2.50 bits per heavy atom. The Morgan fingerprint density at radius 1 is 1.50 bits per heavy atom. The first-order chi connectivity index (χ1) is 5.65. The predicted molar refractivity (Wildman–Crippen MR) is 53.0 cm³/mol. The Labute approximate surface area is 82.0 Å². The number of nitrogens with zero attached hydrogens (tertiary/aromatic N) is 2. The van der Waals surface area contributed by atoms with Crippen LogP contribution in [-0.4, -0.2) is 15.6 Å². The van der Waals surface area contributed by atoms with Crippen molar-refractivity contribution in [2.45, 2.75) is 38.5 Å². The summed E-state index contributed by atoms with van der Waals surface area (Å²) < 4.78 is 0. The molecule has 12 heavy (non-hydrogen) atoms. The average Bonchev–Trinajstić information content (AvgIpc) is 2.37. The summed E-state index contributed by atoms with van der Waals surface area (Å²) in [6.07, 6.45) is 1.03. The minimum Gasteiger partial charge on any atom is -0.144 e. The minimum absolute atomic E-state index is 0.141. The molecule has 2 atom stereocenters. The van der Waals surface area contributed by atoms with Crippen LogP contribution in [0.1, 0.15) is 36.2 Å². The molecule has 0 N–H and O–H groups in total. The van der Waals surface area contributed by atoms with Gasteiger partial charge >= 0.3 is 0 Å². The molecule has 0 saturated carbocycles. The fourth-order valence-corrected chi connectivity index (χ4v) is 2.52.